The fraction of sp³-hybridized carbons (Fsp3) is 0.526. The highest BCUT2D eigenvalue weighted by Crippen LogP contribution is 2.13. The summed E-state index contributed by atoms with van der Waals surface area (Å²) in [6.45, 7) is 7.68. The number of aliphatic carboxylic acids is 1. The first-order chi connectivity index (χ1) is 11.7. The monoisotopic (exact) mass is 348 g/mol. The average Bonchev–Trinajstić information content (AvgIpc) is 2.50. The maximum atomic E-state index is 12.5. The average molecular weight is 348 g/mol. The van der Waals surface area contributed by atoms with Crippen LogP contribution in [-0.2, 0) is 20.8 Å². The molecule has 3 N–H and O–H groups in total. The number of carboxylic acid groups (broad SMARTS) is 1. The zero-order chi connectivity index (χ0) is 19.0. The van der Waals surface area contributed by atoms with E-state index in [0.717, 1.165) is 5.56 Å². The molecule has 1 unspecified atom stereocenters. The number of amides is 2. The van der Waals surface area contributed by atoms with Gasteiger partial charge in [-0.1, -0.05) is 39.8 Å². The highest BCUT2D eigenvalue weighted by Gasteiger charge is 2.24. The van der Waals surface area contributed by atoms with Crippen molar-refractivity contribution in [3.8, 4) is 0 Å². The van der Waals surface area contributed by atoms with Gasteiger partial charge in [-0.3, -0.25) is 14.4 Å². The van der Waals surface area contributed by atoms with Crippen molar-refractivity contribution >= 4 is 23.5 Å². The summed E-state index contributed by atoms with van der Waals surface area (Å²) in [6, 6.07) is 6.46. The largest absolute Gasteiger partial charge is 0.481 e. The number of carboxylic acids is 1. The smallest absolute Gasteiger partial charge is 0.303 e. The van der Waals surface area contributed by atoms with E-state index in [1.54, 1.807) is 24.3 Å². The third kappa shape index (κ3) is 7.83. The van der Waals surface area contributed by atoms with Gasteiger partial charge in [0.2, 0.25) is 11.8 Å². The van der Waals surface area contributed by atoms with E-state index in [0.29, 0.717) is 18.5 Å². The van der Waals surface area contributed by atoms with Crippen LogP contribution in [0.3, 0.4) is 0 Å². The maximum Gasteiger partial charge on any atom is 0.303 e. The van der Waals surface area contributed by atoms with Crippen molar-refractivity contribution in [2.45, 2.75) is 53.0 Å². The Balaban J connectivity index is 2.67. The number of carbonyl (C=O) groups is 3. The van der Waals surface area contributed by atoms with Gasteiger partial charge in [-0.05, 0) is 36.0 Å². The molecule has 6 nitrogen and oxygen atoms in total. The minimum absolute atomic E-state index is 0.0362. The van der Waals surface area contributed by atoms with E-state index in [1.807, 2.05) is 27.7 Å². The van der Waals surface area contributed by atoms with E-state index in [-0.39, 0.29) is 30.1 Å². The van der Waals surface area contributed by atoms with Gasteiger partial charge in [0.15, 0.2) is 0 Å². The van der Waals surface area contributed by atoms with Crippen LogP contribution in [0.5, 0.6) is 0 Å². The van der Waals surface area contributed by atoms with Crippen LogP contribution in [-0.4, -0.2) is 28.9 Å². The van der Waals surface area contributed by atoms with E-state index in [2.05, 4.69) is 10.6 Å². The third-order valence-corrected chi connectivity index (χ3v) is 3.71. The first-order valence-electron chi connectivity index (χ1n) is 8.60. The van der Waals surface area contributed by atoms with Crippen LogP contribution in [0.25, 0.3) is 0 Å². The zero-order valence-electron chi connectivity index (χ0n) is 15.3. The molecule has 1 aromatic rings. The van der Waals surface area contributed by atoms with Gasteiger partial charge >= 0.3 is 5.97 Å². The molecule has 0 spiro atoms. The molecular formula is C19H28N2O4. The topological polar surface area (TPSA) is 95.5 Å². The molecule has 2 amide bonds. The Kier molecular flexibility index (Phi) is 8.11. The minimum atomic E-state index is -0.839. The summed E-state index contributed by atoms with van der Waals surface area (Å²) in [4.78, 5) is 35.0. The quantitative estimate of drug-likeness (QED) is 0.639. The van der Waals surface area contributed by atoms with Gasteiger partial charge in [0.25, 0.3) is 0 Å². The van der Waals surface area contributed by atoms with Crippen molar-refractivity contribution in [1.82, 2.24) is 5.32 Å². The summed E-state index contributed by atoms with van der Waals surface area (Å²) in [5.74, 6) is -1.03. The van der Waals surface area contributed by atoms with Crippen molar-refractivity contribution in [3.05, 3.63) is 29.8 Å². The fourth-order valence-electron chi connectivity index (χ4n) is 2.36. The molecule has 138 valence electrons. The molecule has 0 bridgehead atoms. The van der Waals surface area contributed by atoms with Gasteiger partial charge in [-0.25, -0.2) is 0 Å². The first kappa shape index (κ1) is 20.7. The normalized spacial score (nSPS) is 12.1. The molecule has 0 aliphatic carbocycles. The van der Waals surface area contributed by atoms with Gasteiger partial charge < -0.3 is 15.7 Å². The summed E-state index contributed by atoms with van der Waals surface area (Å²) in [5.41, 5.74) is 1.51. The van der Waals surface area contributed by atoms with Crippen molar-refractivity contribution in [2.24, 2.45) is 11.8 Å². The van der Waals surface area contributed by atoms with Crippen LogP contribution in [0.4, 0.5) is 5.69 Å². The van der Waals surface area contributed by atoms with Crippen LogP contribution >= 0.6 is 0 Å². The van der Waals surface area contributed by atoms with Gasteiger partial charge in [-0.15, -0.1) is 0 Å². The standard InChI is InChI=1S/C19H28N2O4/c1-12(2)11-16(22)21-18(13(3)4)19(25)20-15-8-5-14(6-9-15)7-10-17(23)24/h5-6,8-9,12-13,18H,7,10-11H2,1-4H3,(H,20,25)(H,21,22)(H,23,24). The number of hydrogen-bond donors (Lipinski definition) is 3. The van der Waals surface area contributed by atoms with Gasteiger partial charge in [0.05, 0.1) is 0 Å². The lowest BCUT2D eigenvalue weighted by atomic mass is 10.0. The molecule has 0 saturated heterocycles. The van der Waals surface area contributed by atoms with Crippen molar-refractivity contribution in [3.63, 3.8) is 0 Å². The van der Waals surface area contributed by atoms with Crippen LogP contribution in [0.1, 0.15) is 46.1 Å². The minimum Gasteiger partial charge on any atom is -0.481 e. The predicted molar refractivity (Wildman–Crippen MR) is 97.3 cm³/mol. The first-order valence-corrected chi connectivity index (χ1v) is 8.60. The van der Waals surface area contributed by atoms with Crippen LogP contribution < -0.4 is 10.6 Å². The van der Waals surface area contributed by atoms with E-state index in [9.17, 15) is 14.4 Å². The van der Waals surface area contributed by atoms with Crippen molar-refractivity contribution in [2.75, 3.05) is 5.32 Å². The van der Waals surface area contributed by atoms with Crippen LogP contribution in [0.15, 0.2) is 24.3 Å². The summed E-state index contributed by atoms with van der Waals surface area (Å²) in [5, 5.41) is 14.3. The Morgan fingerprint density at radius 3 is 2.12 bits per heavy atom. The molecular weight excluding hydrogens is 320 g/mol. The van der Waals surface area contributed by atoms with Gasteiger partial charge in [0.1, 0.15) is 6.04 Å². The number of hydrogen-bond acceptors (Lipinski definition) is 3. The SMILES string of the molecule is CC(C)CC(=O)NC(C(=O)Nc1ccc(CCC(=O)O)cc1)C(C)C. The lowest BCUT2D eigenvalue weighted by Gasteiger charge is -2.22. The Morgan fingerprint density at radius 1 is 1.04 bits per heavy atom. The second-order valence-electron chi connectivity index (χ2n) is 6.97. The van der Waals surface area contributed by atoms with E-state index in [1.165, 1.54) is 0 Å². The highest BCUT2D eigenvalue weighted by atomic mass is 16.4. The van der Waals surface area contributed by atoms with Crippen LogP contribution in [0, 0.1) is 11.8 Å². The Morgan fingerprint density at radius 2 is 1.64 bits per heavy atom. The number of benzene rings is 1. The molecule has 1 atom stereocenters. The zero-order valence-corrected chi connectivity index (χ0v) is 15.3. The second-order valence-corrected chi connectivity index (χ2v) is 6.97. The number of aryl methyl sites for hydroxylation is 1. The van der Waals surface area contributed by atoms with Crippen molar-refractivity contribution in [1.29, 1.82) is 0 Å². The highest BCUT2D eigenvalue weighted by molar-refractivity contribution is 5.97. The molecule has 1 aromatic carbocycles. The number of carbonyl (C=O) groups excluding carboxylic acids is 2. The Labute approximate surface area is 149 Å². The van der Waals surface area contributed by atoms with E-state index < -0.39 is 12.0 Å². The molecule has 0 fully saturated rings. The molecule has 0 heterocycles. The lowest BCUT2D eigenvalue weighted by Crippen LogP contribution is -2.47. The molecule has 0 aromatic heterocycles. The number of anilines is 1. The van der Waals surface area contributed by atoms with E-state index >= 15 is 0 Å². The third-order valence-electron chi connectivity index (χ3n) is 3.71. The fourth-order valence-corrected chi connectivity index (χ4v) is 2.36. The Hall–Kier alpha value is -2.37. The maximum absolute atomic E-state index is 12.5. The van der Waals surface area contributed by atoms with E-state index in [4.69, 9.17) is 5.11 Å². The van der Waals surface area contributed by atoms with Gasteiger partial charge in [-0.2, -0.15) is 0 Å². The number of rotatable bonds is 9. The summed E-state index contributed by atoms with van der Waals surface area (Å²) < 4.78 is 0. The molecule has 25 heavy (non-hydrogen) atoms. The summed E-state index contributed by atoms with van der Waals surface area (Å²) >= 11 is 0. The molecule has 6 heteroatoms. The Bertz CT molecular complexity index is 594. The lowest BCUT2D eigenvalue weighted by molar-refractivity contribution is -0.137. The number of nitrogens with one attached hydrogen (secondary N) is 2. The molecule has 0 aliphatic heterocycles. The molecule has 1 rings (SSSR count). The van der Waals surface area contributed by atoms with Crippen LogP contribution in [0.2, 0.25) is 0 Å². The summed E-state index contributed by atoms with van der Waals surface area (Å²) in [6.07, 6.45) is 0.904. The van der Waals surface area contributed by atoms with Crippen molar-refractivity contribution < 1.29 is 19.5 Å². The summed E-state index contributed by atoms with van der Waals surface area (Å²) in [7, 11) is 0. The second kappa shape index (κ2) is 9.81. The van der Waals surface area contributed by atoms with Gasteiger partial charge in [0, 0.05) is 18.5 Å². The molecule has 0 aliphatic rings. The molecule has 0 saturated carbocycles. The molecule has 0 radical (unpaired) electrons. The predicted octanol–water partition coefficient (Wildman–Crippen LogP) is 2.83.